The van der Waals surface area contributed by atoms with Gasteiger partial charge < -0.3 is 30.1 Å². The van der Waals surface area contributed by atoms with Crippen LogP contribution in [0.25, 0.3) is 0 Å². The summed E-state index contributed by atoms with van der Waals surface area (Å²) >= 11 is 0. The highest BCUT2D eigenvalue weighted by Gasteiger charge is 2.40. The summed E-state index contributed by atoms with van der Waals surface area (Å²) in [4.78, 5) is 43.1. The first-order valence-corrected chi connectivity index (χ1v) is 14.4. The minimum absolute atomic E-state index is 0.0850. The Morgan fingerprint density at radius 1 is 0.953 bits per heavy atom. The summed E-state index contributed by atoms with van der Waals surface area (Å²) in [7, 11) is 1.55. The summed E-state index contributed by atoms with van der Waals surface area (Å²) in [5, 5.41) is 16.8. The lowest BCUT2D eigenvalue weighted by Crippen LogP contribution is -2.55. The number of methoxy groups -OCH3 is 1. The fourth-order valence-corrected chi connectivity index (χ4v) is 4.68. The predicted molar refractivity (Wildman–Crippen MR) is 167 cm³/mol. The van der Waals surface area contributed by atoms with Gasteiger partial charge in [0, 0.05) is 23.7 Å². The van der Waals surface area contributed by atoms with Gasteiger partial charge in [0.05, 0.1) is 7.11 Å². The summed E-state index contributed by atoms with van der Waals surface area (Å²) in [5.41, 5.74) is 1.36. The average Bonchev–Trinajstić information content (AvgIpc) is 2.96. The molecule has 9 heteroatoms. The van der Waals surface area contributed by atoms with E-state index < -0.39 is 41.6 Å². The number of hydrogen-bond donors (Lipinski definition) is 3. The monoisotopic (exact) mass is 589 g/mol. The molecular formula is C34H43N3O6. The van der Waals surface area contributed by atoms with Crippen molar-refractivity contribution >= 4 is 23.6 Å². The topological polar surface area (TPSA) is 117 Å². The van der Waals surface area contributed by atoms with E-state index in [1.165, 1.54) is 4.90 Å². The second-order valence-electron chi connectivity index (χ2n) is 11.5. The van der Waals surface area contributed by atoms with Crippen LogP contribution in [0.3, 0.4) is 0 Å². The summed E-state index contributed by atoms with van der Waals surface area (Å²) in [6.45, 7) is 10.7. The summed E-state index contributed by atoms with van der Waals surface area (Å²) in [6.07, 6.45) is -0.0725. The van der Waals surface area contributed by atoms with E-state index in [1.54, 1.807) is 77.3 Å². The van der Waals surface area contributed by atoms with Crippen molar-refractivity contribution in [3.05, 3.63) is 89.5 Å². The van der Waals surface area contributed by atoms with E-state index in [4.69, 9.17) is 9.47 Å². The molecule has 0 saturated heterocycles. The van der Waals surface area contributed by atoms with Gasteiger partial charge in [0.15, 0.2) is 0 Å². The third-order valence-corrected chi connectivity index (χ3v) is 7.04. The fourth-order valence-electron chi connectivity index (χ4n) is 4.68. The average molecular weight is 590 g/mol. The molecule has 0 bridgehead atoms. The number of phenols is 1. The molecule has 0 fully saturated rings. The summed E-state index contributed by atoms with van der Waals surface area (Å²) in [5.74, 6) is -0.465. The van der Waals surface area contributed by atoms with E-state index >= 15 is 0 Å². The summed E-state index contributed by atoms with van der Waals surface area (Å²) < 4.78 is 10.7. The lowest BCUT2D eigenvalue weighted by Gasteiger charge is -2.38. The van der Waals surface area contributed by atoms with Gasteiger partial charge in [-0.05, 0) is 76.4 Å². The number of para-hydroxylation sites is 1. The standard InChI is InChI=1S/C34H43N3O6/c1-8-23(3)37(32(40)28(21-24-14-10-9-11-15-24)36-33(41)43-34(4,5)6)29(27-16-12-13-22(2)30(27)38)31(39)35-25-17-19-26(42-7)20-18-25/h9-20,23,28-29,38H,8,21H2,1-7H3,(H,35,39)(H,36,41). The zero-order valence-corrected chi connectivity index (χ0v) is 26.0. The third kappa shape index (κ3) is 8.98. The molecule has 3 atom stereocenters. The van der Waals surface area contributed by atoms with Crippen LogP contribution in [0.4, 0.5) is 10.5 Å². The van der Waals surface area contributed by atoms with Crippen molar-refractivity contribution in [2.75, 3.05) is 12.4 Å². The quantitative estimate of drug-likeness (QED) is 0.247. The van der Waals surface area contributed by atoms with Gasteiger partial charge in [0.2, 0.25) is 5.91 Å². The SMILES string of the molecule is CCC(C)N(C(=O)C(Cc1ccccc1)NC(=O)OC(C)(C)C)C(C(=O)Nc1ccc(OC)cc1)c1cccc(C)c1O. The first-order valence-electron chi connectivity index (χ1n) is 14.4. The van der Waals surface area contributed by atoms with E-state index in [9.17, 15) is 19.5 Å². The van der Waals surface area contributed by atoms with Crippen LogP contribution < -0.4 is 15.4 Å². The molecule has 3 rings (SSSR count). The molecule has 43 heavy (non-hydrogen) atoms. The zero-order chi connectivity index (χ0) is 31.7. The minimum Gasteiger partial charge on any atom is -0.507 e. The third-order valence-electron chi connectivity index (χ3n) is 7.04. The predicted octanol–water partition coefficient (Wildman–Crippen LogP) is 6.15. The number of alkyl carbamates (subject to hydrolysis) is 1. The molecule has 3 N–H and O–H groups in total. The Hall–Kier alpha value is -4.53. The van der Waals surface area contributed by atoms with Gasteiger partial charge in [-0.15, -0.1) is 0 Å². The van der Waals surface area contributed by atoms with Gasteiger partial charge >= 0.3 is 6.09 Å². The van der Waals surface area contributed by atoms with Crippen LogP contribution in [0.2, 0.25) is 0 Å². The number of amides is 3. The Balaban J connectivity index is 2.11. The molecule has 0 heterocycles. The Morgan fingerprint density at radius 3 is 2.19 bits per heavy atom. The Bertz CT molecular complexity index is 1390. The normalized spacial score (nSPS) is 13.3. The molecule has 230 valence electrons. The second-order valence-corrected chi connectivity index (χ2v) is 11.5. The highest BCUT2D eigenvalue weighted by atomic mass is 16.6. The van der Waals surface area contributed by atoms with E-state index in [1.807, 2.05) is 44.2 Å². The molecule has 9 nitrogen and oxygen atoms in total. The van der Waals surface area contributed by atoms with Gasteiger partial charge in [0.1, 0.15) is 29.2 Å². The molecule has 0 aliphatic carbocycles. The van der Waals surface area contributed by atoms with Crippen molar-refractivity contribution in [3.8, 4) is 11.5 Å². The van der Waals surface area contributed by atoms with Gasteiger partial charge in [-0.2, -0.15) is 0 Å². The van der Waals surface area contributed by atoms with Crippen molar-refractivity contribution in [2.24, 2.45) is 0 Å². The van der Waals surface area contributed by atoms with E-state index in [2.05, 4.69) is 10.6 Å². The van der Waals surface area contributed by atoms with Crippen LogP contribution in [0.1, 0.15) is 63.8 Å². The molecule has 0 radical (unpaired) electrons. The maximum absolute atomic E-state index is 14.6. The van der Waals surface area contributed by atoms with Crippen LogP contribution in [0.5, 0.6) is 11.5 Å². The number of nitrogens with zero attached hydrogens (tertiary/aromatic N) is 1. The lowest BCUT2D eigenvalue weighted by molar-refractivity contribution is -0.143. The van der Waals surface area contributed by atoms with Crippen molar-refractivity contribution in [3.63, 3.8) is 0 Å². The van der Waals surface area contributed by atoms with E-state index in [0.717, 1.165) is 5.56 Å². The molecule has 0 spiro atoms. The number of aryl methyl sites for hydroxylation is 1. The molecule has 0 aliphatic rings. The van der Waals surface area contributed by atoms with Crippen molar-refractivity contribution in [2.45, 2.75) is 78.1 Å². The number of ether oxygens (including phenoxy) is 2. The highest BCUT2D eigenvalue weighted by molar-refractivity contribution is 5.99. The van der Waals surface area contributed by atoms with Gasteiger partial charge in [-0.3, -0.25) is 9.59 Å². The van der Waals surface area contributed by atoms with E-state index in [-0.39, 0.29) is 17.7 Å². The fraction of sp³-hybridized carbons (Fsp3) is 0.382. The zero-order valence-electron chi connectivity index (χ0n) is 26.0. The first kappa shape index (κ1) is 33.0. The molecule has 3 aromatic rings. The van der Waals surface area contributed by atoms with Gasteiger partial charge in [0.25, 0.3) is 5.91 Å². The number of carbonyl (C=O) groups excluding carboxylic acids is 3. The highest BCUT2D eigenvalue weighted by Crippen LogP contribution is 2.35. The van der Waals surface area contributed by atoms with Crippen LogP contribution >= 0.6 is 0 Å². The number of phenolic OH excluding ortho intramolecular Hbond substituents is 1. The largest absolute Gasteiger partial charge is 0.507 e. The van der Waals surface area contributed by atoms with Crippen LogP contribution in [-0.2, 0) is 20.7 Å². The van der Waals surface area contributed by atoms with E-state index in [0.29, 0.717) is 23.4 Å². The Kier molecular flexibility index (Phi) is 11.2. The maximum Gasteiger partial charge on any atom is 0.408 e. The molecule has 3 amide bonds. The summed E-state index contributed by atoms with van der Waals surface area (Å²) in [6, 6.07) is 18.5. The maximum atomic E-state index is 14.6. The smallest absolute Gasteiger partial charge is 0.408 e. The number of hydrogen-bond acceptors (Lipinski definition) is 6. The number of carbonyl (C=O) groups is 3. The van der Waals surface area contributed by atoms with Crippen molar-refractivity contribution in [1.29, 1.82) is 0 Å². The van der Waals surface area contributed by atoms with Gasteiger partial charge in [-0.25, -0.2) is 4.79 Å². The molecule has 3 unspecified atom stereocenters. The minimum atomic E-state index is -1.22. The number of rotatable bonds is 11. The number of benzene rings is 3. The number of nitrogens with one attached hydrogen (secondary N) is 2. The number of aromatic hydroxyl groups is 1. The Morgan fingerprint density at radius 2 is 1.60 bits per heavy atom. The molecule has 0 aliphatic heterocycles. The molecule has 0 aromatic heterocycles. The lowest BCUT2D eigenvalue weighted by atomic mass is 9.96. The molecule has 3 aromatic carbocycles. The van der Waals surface area contributed by atoms with Crippen LogP contribution in [-0.4, -0.2) is 52.7 Å². The van der Waals surface area contributed by atoms with Crippen LogP contribution in [0.15, 0.2) is 72.8 Å². The second kappa shape index (κ2) is 14.6. The Labute approximate surface area is 254 Å². The molecule has 0 saturated carbocycles. The van der Waals surface area contributed by atoms with Crippen LogP contribution in [0, 0.1) is 6.92 Å². The van der Waals surface area contributed by atoms with Crippen molar-refractivity contribution < 1.29 is 29.0 Å². The van der Waals surface area contributed by atoms with Crippen molar-refractivity contribution in [1.82, 2.24) is 10.2 Å². The first-order chi connectivity index (χ1) is 20.3. The molecular weight excluding hydrogens is 546 g/mol. The number of anilines is 1. The van der Waals surface area contributed by atoms with Gasteiger partial charge in [-0.1, -0.05) is 55.5 Å².